The Morgan fingerprint density at radius 3 is 2.67 bits per heavy atom. The van der Waals surface area contributed by atoms with Gasteiger partial charge in [-0.3, -0.25) is 4.99 Å². The lowest BCUT2D eigenvalue weighted by atomic mass is 10.1. The SMILES string of the molecule is CC1CN=C(NCc2ccccc2CS(=O)(=O)N2CCOCC2)N1. The molecule has 7 nitrogen and oxygen atoms in total. The third-order valence-electron chi connectivity index (χ3n) is 4.17. The maximum absolute atomic E-state index is 12.6. The average Bonchev–Trinajstić information content (AvgIpc) is 3.00. The second kappa shape index (κ2) is 7.50. The van der Waals surface area contributed by atoms with Crippen molar-refractivity contribution in [1.29, 1.82) is 0 Å². The molecule has 0 spiro atoms. The van der Waals surface area contributed by atoms with Gasteiger partial charge >= 0.3 is 0 Å². The number of nitrogens with one attached hydrogen (secondary N) is 2. The molecular formula is C16H24N4O3S. The first-order valence-electron chi connectivity index (χ1n) is 8.22. The summed E-state index contributed by atoms with van der Waals surface area (Å²) in [5.74, 6) is 0.787. The van der Waals surface area contributed by atoms with Gasteiger partial charge in [0.1, 0.15) is 0 Å². The van der Waals surface area contributed by atoms with Gasteiger partial charge in [-0.1, -0.05) is 24.3 Å². The van der Waals surface area contributed by atoms with Gasteiger partial charge in [0.05, 0.1) is 25.5 Å². The van der Waals surface area contributed by atoms with E-state index >= 15 is 0 Å². The molecule has 3 rings (SSSR count). The van der Waals surface area contributed by atoms with Crippen LogP contribution in [-0.2, 0) is 27.1 Å². The minimum Gasteiger partial charge on any atom is -0.379 e. The summed E-state index contributed by atoms with van der Waals surface area (Å²) in [4.78, 5) is 4.36. The van der Waals surface area contributed by atoms with Crippen LogP contribution >= 0.6 is 0 Å². The number of benzene rings is 1. The quantitative estimate of drug-likeness (QED) is 0.796. The zero-order chi connectivity index (χ0) is 17.0. The van der Waals surface area contributed by atoms with Gasteiger partial charge in [0.25, 0.3) is 0 Å². The van der Waals surface area contributed by atoms with Crippen LogP contribution < -0.4 is 10.6 Å². The third-order valence-corrected chi connectivity index (χ3v) is 6.00. The Balaban J connectivity index is 1.67. The first kappa shape index (κ1) is 17.2. The second-order valence-corrected chi connectivity index (χ2v) is 8.09. The number of morpholine rings is 1. The molecule has 2 N–H and O–H groups in total. The van der Waals surface area contributed by atoms with E-state index in [1.54, 1.807) is 0 Å². The van der Waals surface area contributed by atoms with Crippen molar-refractivity contribution in [3.05, 3.63) is 35.4 Å². The van der Waals surface area contributed by atoms with Gasteiger partial charge < -0.3 is 15.4 Å². The molecular weight excluding hydrogens is 328 g/mol. The zero-order valence-electron chi connectivity index (χ0n) is 13.9. The molecule has 0 bridgehead atoms. The highest BCUT2D eigenvalue weighted by atomic mass is 32.2. The molecule has 24 heavy (non-hydrogen) atoms. The number of sulfonamides is 1. The highest BCUT2D eigenvalue weighted by Crippen LogP contribution is 2.16. The predicted molar refractivity (Wildman–Crippen MR) is 93.2 cm³/mol. The molecule has 1 fully saturated rings. The fraction of sp³-hybridized carbons (Fsp3) is 0.562. The summed E-state index contributed by atoms with van der Waals surface area (Å²) in [6.45, 7) is 5.17. The standard InChI is InChI=1S/C16H24N4O3S/c1-13-10-17-16(19-13)18-11-14-4-2-3-5-15(14)12-24(21,22)20-6-8-23-9-7-20/h2-5,13H,6-12H2,1H3,(H2,17,18,19). The van der Waals surface area contributed by atoms with E-state index < -0.39 is 10.0 Å². The molecule has 1 aromatic rings. The molecule has 1 atom stereocenters. The van der Waals surface area contributed by atoms with Gasteiger partial charge in [-0.15, -0.1) is 0 Å². The summed E-state index contributed by atoms with van der Waals surface area (Å²) < 4.78 is 32.0. The van der Waals surface area contributed by atoms with Crippen LogP contribution in [0.3, 0.4) is 0 Å². The van der Waals surface area contributed by atoms with Crippen molar-refractivity contribution < 1.29 is 13.2 Å². The number of ether oxygens (including phenoxy) is 1. The zero-order valence-corrected chi connectivity index (χ0v) is 14.7. The summed E-state index contributed by atoms with van der Waals surface area (Å²) in [7, 11) is -3.33. The van der Waals surface area contributed by atoms with Crippen molar-refractivity contribution in [2.75, 3.05) is 32.8 Å². The maximum Gasteiger partial charge on any atom is 0.218 e. The summed E-state index contributed by atoms with van der Waals surface area (Å²) in [6.07, 6.45) is 0. The first-order valence-corrected chi connectivity index (χ1v) is 9.83. The molecule has 2 aliphatic rings. The van der Waals surface area contributed by atoms with Crippen LogP contribution in [0, 0.1) is 0 Å². The van der Waals surface area contributed by atoms with E-state index in [1.807, 2.05) is 24.3 Å². The predicted octanol–water partition coefficient (Wildman–Crippen LogP) is 0.286. The van der Waals surface area contributed by atoms with Crippen molar-refractivity contribution in [2.24, 2.45) is 4.99 Å². The second-order valence-electron chi connectivity index (χ2n) is 6.12. The Kier molecular flexibility index (Phi) is 5.37. The highest BCUT2D eigenvalue weighted by Gasteiger charge is 2.25. The monoisotopic (exact) mass is 352 g/mol. The molecule has 0 aromatic heterocycles. The fourth-order valence-corrected chi connectivity index (χ4v) is 4.38. The van der Waals surface area contributed by atoms with Gasteiger partial charge in [0.15, 0.2) is 5.96 Å². The third kappa shape index (κ3) is 4.25. The Morgan fingerprint density at radius 2 is 2.00 bits per heavy atom. The van der Waals surface area contributed by atoms with Gasteiger partial charge in [-0.25, -0.2) is 8.42 Å². The van der Waals surface area contributed by atoms with Crippen molar-refractivity contribution in [1.82, 2.24) is 14.9 Å². The smallest absolute Gasteiger partial charge is 0.218 e. The summed E-state index contributed by atoms with van der Waals surface area (Å²) in [6, 6.07) is 7.97. The molecule has 1 aromatic carbocycles. The topological polar surface area (TPSA) is 83.0 Å². The summed E-state index contributed by atoms with van der Waals surface area (Å²) in [5, 5.41) is 6.49. The molecule has 0 amide bonds. The number of guanidine groups is 1. The van der Waals surface area contributed by atoms with Crippen LogP contribution in [-0.4, -0.2) is 57.6 Å². The van der Waals surface area contributed by atoms with E-state index in [9.17, 15) is 8.42 Å². The molecule has 1 saturated heterocycles. The molecule has 2 aliphatic heterocycles. The van der Waals surface area contributed by atoms with Gasteiger partial charge in [0.2, 0.25) is 10.0 Å². The van der Waals surface area contributed by atoms with E-state index in [0.717, 1.165) is 23.6 Å². The lowest BCUT2D eigenvalue weighted by Gasteiger charge is -2.26. The van der Waals surface area contributed by atoms with E-state index in [4.69, 9.17) is 4.74 Å². The van der Waals surface area contributed by atoms with Crippen LogP contribution in [0.4, 0.5) is 0 Å². The van der Waals surface area contributed by atoms with E-state index in [-0.39, 0.29) is 5.75 Å². The van der Waals surface area contributed by atoms with Crippen molar-refractivity contribution in [3.63, 3.8) is 0 Å². The molecule has 8 heteroatoms. The summed E-state index contributed by atoms with van der Waals surface area (Å²) >= 11 is 0. The van der Waals surface area contributed by atoms with Crippen LogP contribution in [0.1, 0.15) is 18.1 Å². The van der Waals surface area contributed by atoms with Gasteiger partial charge in [-0.05, 0) is 18.1 Å². The van der Waals surface area contributed by atoms with Crippen molar-refractivity contribution in [2.45, 2.75) is 25.3 Å². The Hall–Kier alpha value is -1.64. The number of hydrogen-bond acceptors (Lipinski definition) is 6. The minimum atomic E-state index is -3.33. The normalized spacial score (nSPS) is 22.0. The van der Waals surface area contributed by atoms with Gasteiger partial charge in [-0.2, -0.15) is 4.31 Å². The molecule has 1 unspecified atom stereocenters. The Morgan fingerprint density at radius 1 is 1.29 bits per heavy atom. The lowest BCUT2D eigenvalue weighted by molar-refractivity contribution is 0.0729. The molecule has 0 radical (unpaired) electrons. The Labute approximate surface area is 143 Å². The number of aliphatic imine (C=N–C) groups is 1. The molecule has 0 saturated carbocycles. The van der Waals surface area contributed by atoms with E-state index in [2.05, 4.69) is 22.5 Å². The largest absolute Gasteiger partial charge is 0.379 e. The van der Waals surface area contributed by atoms with Crippen molar-refractivity contribution in [3.8, 4) is 0 Å². The van der Waals surface area contributed by atoms with Crippen molar-refractivity contribution >= 4 is 16.0 Å². The first-order chi connectivity index (χ1) is 11.5. The average molecular weight is 352 g/mol. The van der Waals surface area contributed by atoms with Crippen LogP contribution in [0.25, 0.3) is 0 Å². The van der Waals surface area contributed by atoms with Crippen LogP contribution in [0.2, 0.25) is 0 Å². The number of rotatable bonds is 5. The fourth-order valence-electron chi connectivity index (χ4n) is 2.82. The van der Waals surface area contributed by atoms with Crippen LogP contribution in [0.15, 0.2) is 29.3 Å². The number of hydrogen-bond donors (Lipinski definition) is 2. The van der Waals surface area contributed by atoms with E-state index in [0.29, 0.717) is 38.9 Å². The van der Waals surface area contributed by atoms with E-state index in [1.165, 1.54) is 4.31 Å². The molecule has 2 heterocycles. The molecule has 0 aliphatic carbocycles. The minimum absolute atomic E-state index is 0.0150. The highest BCUT2D eigenvalue weighted by molar-refractivity contribution is 7.88. The summed E-state index contributed by atoms with van der Waals surface area (Å²) in [5.41, 5.74) is 1.79. The van der Waals surface area contributed by atoms with Crippen LogP contribution in [0.5, 0.6) is 0 Å². The van der Waals surface area contributed by atoms with Gasteiger partial charge in [0, 0.05) is 25.7 Å². The lowest BCUT2D eigenvalue weighted by Crippen LogP contribution is -2.41. The Bertz CT molecular complexity index is 699. The molecule has 132 valence electrons. The maximum atomic E-state index is 12.6. The number of nitrogens with zero attached hydrogens (tertiary/aromatic N) is 2.